The van der Waals surface area contributed by atoms with Gasteiger partial charge in [-0.15, -0.1) is 0 Å². The second-order valence-corrected chi connectivity index (χ2v) is 7.81. The minimum absolute atomic E-state index is 0.0428. The summed E-state index contributed by atoms with van der Waals surface area (Å²) in [5.74, 6) is -0.940. The SMILES string of the molecule is O=C(NC[C@@H]1CNCCO[C@H]1c1ccc(Cl)c(Cl)c1)c1cccc(-c2noc(=O)[nH]2)n1. The van der Waals surface area contributed by atoms with E-state index in [-0.39, 0.29) is 29.4 Å². The van der Waals surface area contributed by atoms with Crippen LogP contribution in [-0.4, -0.2) is 47.3 Å². The summed E-state index contributed by atoms with van der Waals surface area (Å²) >= 11 is 12.2. The van der Waals surface area contributed by atoms with Crippen LogP contribution in [0.2, 0.25) is 10.0 Å². The van der Waals surface area contributed by atoms with Crippen LogP contribution in [0, 0.1) is 5.92 Å². The zero-order valence-electron chi connectivity index (χ0n) is 16.2. The van der Waals surface area contributed by atoms with Crippen LogP contribution in [0.15, 0.2) is 45.7 Å². The van der Waals surface area contributed by atoms with Crippen molar-refractivity contribution in [3.05, 3.63) is 68.3 Å². The molecule has 1 aliphatic rings. The molecule has 11 heteroatoms. The van der Waals surface area contributed by atoms with Gasteiger partial charge in [-0.1, -0.05) is 40.5 Å². The highest BCUT2D eigenvalue weighted by molar-refractivity contribution is 6.42. The Labute approximate surface area is 187 Å². The minimum atomic E-state index is -0.694. The molecule has 4 rings (SSSR count). The maximum Gasteiger partial charge on any atom is 0.439 e. The van der Waals surface area contributed by atoms with Crippen molar-refractivity contribution in [2.45, 2.75) is 6.10 Å². The number of carbonyl (C=O) groups is 1. The molecular formula is C20H19Cl2N5O4. The predicted molar refractivity (Wildman–Crippen MR) is 114 cm³/mol. The smallest absolute Gasteiger partial charge is 0.372 e. The second kappa shape index (κ2) is 9.61. The number of nitrogens with one attached hydrogen (secondary N) is 3. The van der Waals surface area contributed by atoms with Crippen LogP contribution < -0.4 is 16.4 Å². The fraction of sp³-hybridized carbons (Fsp3) is 0.300. The molecule has 0 radical (unpaired) electrons. The lowest BCUT2D eigenvalue weighted by molar-refractivity contribution is 0.0305. The van der Waals surface area contributed by atoms with Crippen molar-refractivity contribution in [3.8, 4) is 11.5 Å². The molecule has 1 aromatic carbocycles. The molecule has 1 amide bonds. The van der Waals surface area contributed by atoms with E-state index >= 15 is 0 Å². The van der Waals surface area contributed by atoms with Crippen molar-refractivity contribution < 1.29 is 14.1 Å². The number of rotatable bonds is 5. The first-order chi connectivity index (χ1) is 15.0. The Morgan fingerprint density at radius 3 is 2.87 bits per heavy atom. The van der Waals surface area contributed by atoms with Crippen LogP contribution in [0.25, 0.3) is 11.5 Å². The summed E-state index contributed by atoms with van der Waals surface area (Å²) in [6, 6.07) is 10.3. The monoisotopic (exact) mass is 463 g/mol. The van der Waals surface area contributed by atoms with Gasteiger partial charge in [0.2, 0.25) is 5.82 Å². The number of hydrogen-bond donors (Lipinski definition) is 3. The number of halogens is 2. The summed E-state index contributed by atoms with van der Waals surface area (Å²) < 4.78 is 10.5. The Kier molecular flexibility index (Phi) is 6.67. The number of aromatic nitrogens is 3. The average Bonchev–Trinajstić information content (AvgIpc) is 3.07. The highest BCUT2D eigenvalue weighted by Crippen LogP contribution is 2.32. The van der Waals surface area contributed by atoms with Crippen LogP contribution >= 0.6 is 23.2 Å². The van der Waals surface area contributed by atoms with Gasteiger partial charge in [-0.3, -0.25) is 14.3 Å². The first-order valence-electron chi connectivity index (χ1n) is 9.60. The molecule has 1 aliphatic heterocycles. The molecule has 2 aromatic heterocycles. The van der Waals surface area contributed by atoms with Gasteiger partial charge in [-0.05, 0) is 29.8 Å². The number of hydrogen-bond acceptors (Lipinski definition) is 7. The fourth-order valence-corrected chi connectivity index (χ4v) is 3.68. The second-order valence-electron chi connectivity index (χ2n) is 6.99. The van der Waals surface area contributed by atoms with Crippen molar-refractivity contribution in [2.24, 2.45) is 5.92 Å². The molecule has 0 aliphatic carbocycles. The van der Waals surface area contributed by atoms with Crippen molar-refractivity contribution in [2.75, 3.05) is 26.2 Å². The number of H-pyrrole nitrogens is 1. The lowest BCUT2D eigenvalue weighted by atomic mass is 9.95. The Balaban J connectivity index is 1.48. The topological polar surface area (TPSA) is 122 Å². The van der Waals surface area contributed by atoms with E-state index < -0.39 is 5.76 Å². The third kappa shape index (κ3) is 5.13. The number of amides is 1. The summed E-state index contributed by atoms with van der Waals surface area (Å²) in [6.45, 7) is 2.25. The molecule has 0 saturated carbocycles. The fourth-order valence-electron chi connectivity index (χ4n) is 3.37. The molecule has 2 atom stereocenters. The van der Waals surface area contributed by atoms with E-state index in [0.717, 1.165) is 5.56 Å². The van der Waals surface area contributed by atoms with Crippen LogP contribution in [-0.2, 0) is 4.74 Å². The van der Waals surface area contributed by atoms with Gasteiger partial charge in [0.25, 0.3) is 5.91 Å². The van der Waals surface area contributed by atoms with Gasteiger partial charge in [0.05, 0.1) is 22.8 Å². The largest absolute Gasteiger partial charge is 0.439 e. The van der Waals surface area contributed by atoms with Gasteiger partial charge in [0.1, 0.15) is 11.4 Å². The molecule has 3 aromatic rings. The Bertz CT molecular complexity index is 1130. The van der Waals surface area contributed by atoms with Gasteiger partial charge >= 0.3 is 5.76 Å². The maximum absolute atomic E-state index is 12.7. The van der Waals surface area contributed by atoms with Gasteiger partial charge in [-0.2, -0.15) is 0 Å². The third-order valence-corrected chi connectivity index (χ3v) is 5.61. The summed E-state index contributed by atoms with van der Waals surface area (Å²) in [5.41, 5.74) is 1.41. The van der Waals surface area contributed by atoms with E-state index in [4.69, 9.17) is 27.9 Å². The Morgan fingerprint density at radius 2 is 2.10 bits per heavy atom. The molecule has 1 saturated heterocycles. The molecular weight excluding hydrogens is 445 g/mol. The predicted octanol–water partition coefficient (Wildman–Crippen LogP) is 2.44. The number of benzene rings is 1. The molecule has 3 N–H and O–H groups in total. The van der Waals surface area contributed by atoms with Crippen molar-refractivity contribution in [3.63, 3.8) is 0 Å². The van der Waals surface area contributed by atoms with Gasteiger partial charge in [-0.25, -0.2) is 9.78 Å². The normalized spacial score (nSPS) is 19.0. The number of pyridine rings is 1. The van der Waals surface area contributed by atoms with Crippen LogP contribution in [0.4, 0.5) is 0 Å². The van der Waals surface area contributed by atoms with Gasteiger partial charge < -0.3 is 15.4 Å². The Hall–Kier alpha value is -2.72. The number of ether oxygens (including phenoxy) is 1. The first-order valence-corrected chi connectivity index (χ1v) is 10.4. The van der Waals surface area contributed by atoms with Crippen LogP contribution in [0.1, 0.15) is 22.2 Å². The van der Waals surface area contributed by atoms with E-state index in [1.807, 2.05) is 6.07 Å². The lowest BCUT2D eigenvalue weighted by Gasteiger charge is -2.25. The number of nitrogens with zero attached hydrogens (tertiary/aromatic N) is 2. The molecule has 9 nitrogen and oxygen atoms in total. The zero-order valence-corrected chi connectivity index (χ0v) is 17.7. The summed E-state index contributed by atoms with van der Waals surface area (Å²) in [7, 11) is 0. The van der Waals surface area contributed by atoms with Crippen molar-refractivity contribution in [1.82, 2.24) is 25.8 Å². The van der Waals surface area contributed by atoms with Crippen molar-refractivity contribution >= 4 is 29.1 Å². The average molecular weight is 464 g/mol. The van der Waals surface area contributed by atoms with E-state index in [1.165, 1.54) is 0 Å². The van der Waals surface area contributed by atoms with Crippen LogP contribution in [0.5, 0.6) is 0 Å². The molecule has 31 heavy (non-hydrogen) atoms. The Morgan fingerprint density at radius 1 is 1.23 bits per heavy atom. The molecule has 162 valence electrons. The zero-order chi connectivity index (χ0) is 21.8. The molecule has 0 unspecified atom stereocenters. The highest BCUT2D eigenvalue weighted by atomic mass is 35.5. The molecule has 0 bridgehead atoms. The summed E-state index contributed by atoms with van der Waals surface area (Å²) in [5, 5.41) is 10.7. The maximum atomic E-state index is 12.7. The quantitative estimate of drug-likeness (QED) is 0.530. The standard InChI is InChI=1S/C20H19Cl2N5O4/c21-13-5-4-11(8-14(13)22)17-12(9-23-6-7-30-17)10-24-19(28)16-3-1-2-15(25-16)18-26-20(29)31-27-18/h1-5,8,12,17,23H,6-7,9-10H2,(H,24,28)(H,26,27,29)/t12-,17-/m0/s1. The molecule has 0 spiro atoms. The number of aromatic amines is 1. The van der Waals surface area contributed by atoms with E-state index in [1.54, 1.807) is 30.3 Å². The summed E-state index contributed by atoms with van der Waals surface area (Å²) in [4.78, 5) is 30.5. The summed E-state index contributed by atoms with van der Waals surface area (Å²) in [6.07, 6.45) is -0.260. The van der Waals surface area contributed by atoms with E-state index in [2.05, 4.69) is 30.3 Å². The van der Waals surface area contributed by atoms with Gasteiger partial charge in [0.15, 0.2) is 0 Å². The van der Waals surface area contributed by atoms with E-state index in [0.29, 0.717) is 42.0 Å². The van der Waals surface area contributed by atoms with Crippen molar-refractivity contribution in [1.29, 1.82) is 0 Å². The third-order valence-electron chi connectivity index (χ3n) is 4.87. The van der Waals surface area contributed by atoms with E-state index in [9.17, 15) is 9.59 Å². The molecule has 1 fully saturated rings. The van der Waals surface area contributed by atoms with Crippen LogP contribution in [0.3, 0.4) is 0 Å². The van der Waals surface area contributed by atoms with Gasteiger partial charge in [0, 0.05) is 25.6 Å². The molecule has 3 heterocycles. The first kappa shape index (κ1) is 21.5. The highest BCUT2D eigenvalue weighted by Gasteiger charge is 2.27. The lowest BCUT2D eigenvalue weighted by Crippen LogP contribution is -2.36. The number of carbonyl (C=O) groups excluding carboxylic acids is 1. The minimum Gasteiger partial charge on any atom is -0.372 e.